The third-order valence-corrected chi connectivity index (χ3v) is 2.56. The molecular weight excluding hydrogens is 251 g/mol. The topological polar surface area (TPSA) is 61.3 Å². The van der Waals surface area contributed by atoms with Crippen molar-refractivity contribution in [3.05, 3.63) is 42.2 Å². The fraction of sp³-hybridized carbons (Fsp3) is 0.154. The first-order valence-electron chi connectivity index (χ1n) is 5.40. The van der Waals surface area contributed by atoms with E-state index < -0.39 is 11.8 Å². The van der Waals surface area contributed by atoms with Gasteiger partial charge in [0.05, 0.1) is 19.8 Å². The zero-order valence-electron chi connectivity index (χ0n) is 10.4. The van der Waals surface area contributed by atoms with Crippen LogP contribution in [0, 0.1) is 5.82 Å². The van der Waals surface area contributed by atoms with Crippen molar-refractivity contribution >= 4 is 5.97 Å². The number of carbonyl (C=O) groups excluding carboxylic acids is 1. The molecule has 2 aromatic rings. The summed E-state index contributed by atoms with van der Waals surface area (Å²) < 4.78 is 23.7. The van der Waals surface area contributed by atoms with Gasteiger partial charge in [-0.3, -0.25) is 0 Å². The number of ether oxygens (including phenoxy) is 2. The predicted molar refractivity (Wildman–Crippen MR) is 65.3 cm³/mol. The van der Waals surface area contributed by atoms with Gasteiger partial charge in [-0.2, -0.15) is 0 Å². The van der Waals surface area contributed by atoms with E-state index in [1.807, 2.05) is 0 Å². The molecule has 19 heavy (non-hydrogen) atoms. The van der Waals surface area contributed by atoms with Crippen LogP contribution in [-0.2, 0) is 4.74 Å². The number of methoxy groups -OCH3 is 2. The third kappa shape index (κ3) is 2.37. The van der Waals surface area contributed by atoms with Crippen LogP contribution in [0.25, 0.3) is 11.1 Å². The van der Waals surface area contributed by atoms with Crippen LogP contribution in [0.15, 0.2) is 30.7 Å². The summed E-state index contributed by atoms with van der Waals surface area (Å²) in [4.78, 5) is 19.3. The van der Waals surface area contributed by atoms with E-state index in [1.165, 1.54) is 38.9 Å². The van der Waals surface area contributed by atoms with E-state index in [1.54, 1.807) is 6.07 Å². The van der Waals surface area contributed by atoms with Gasteiger partial charge in [0.15, 0.2) is 5.69 Å². The molecule has 0 spiro atoms. The van der Waals surface area contributed by atoms with Gasteiger partial charge in [0.1, 0.15) is 17.9 Å². The molecule has 0 amide bonds. The third-order valence-electron chi connectivity index (χ3n) is 2.56. The lowest BCUT2D eigenvalue weighted by Gasteiger charge is -2.11. The highest BCUT2D eigenvalue weighted by molar-refractivity contribution is 5.95. The van der Waals surface area contributed by atoms with Crippen LogP contribution in [0.4, 0.5) is 4.39 Å². The molecule has 0 aliphatic heterocycles. The SMILES string of the molecule is COC(=O)c1ncncc1-c1c(F)cccc1OC. The molecular formula is C13H11FN2O3. The molecule has 1 aromatic carbocycles. The number of benzene rings is 1. The maximum atomic E-state index is 14.0. The van der Waals surface area contributed by atoms with E-state index in [-0.39, 0.29) is 16.8 Å². The summed E-state index contributed by atoms with van der Waals surface area (Å²) in [5.41, 5.74) is 0.344. The molecule has 0 saturated carbocycles. The summed E-state index contributed by atoms with van der Waals surface area (Å²) in [7, 11) is 2.65. The quantitative estimate of drug-likeness (QED) is 0.792. The second-order valence-corrected chi connectivity index (χ2v) is 3.59. The largest absolute Gasteiger partial charge is 0.496 e. The lowest BCUT2D eigenvalue weighted by molar-refractivity contribution is 0.0595. The molecule has 0 bridgehead atoms. The Bertz CT molecular complexity index is 617. The molecule has 0 fully saturated rings. The maximum absolute atomic E-state index is 14.0. The van der Waals surface area contributed by atoms with Gasteiger partial charge in [-0.25, -0.2) is 19.2 Å². The Balaban J connectivity index is 2.69. The van der Waals surface area contributed by atoms with E-state index in [9.17, 15) is 9.18 Å². The van der Waals surface area contributed by atoms with Crippen LogP contribution < -0.4 is 4.74 Å². The number of halogens is 1. The Hall–Kier alpha value is -2.50. The number of hydrogen-bond donors (Lipinski definition) is 0. The van der Waals surface area contributed by atoms with Gasteiger partial charge >= 0.3 is 5.97 Å². The lowest BCUT2D eigenvalue weighted by atomic mass is 10.0. The predicted octanol–water partition coefficient (Wildman–Crippen LogP) is 2.08. The molecule has 0 radical (unpaired) electrons. The van der Waals surface area contributed by atoms with E-state index in [4.69, 9.17) is 4.74 Å². The van der Waals surface area contributed by atoms with Crippen molar-refractivity contribution in [2.45, 2.75) is 0 Å². The maximum Gasteiger partial charge on any atom is 0.357 e. The van der Waals surface area contributed by atoms with Crippen molar-refractivity contribution in [1.82, 2.24) is 9.97 Å². The number of carbonyl (C=O) groups is 1. The molecule has 5 nitrogen and oxygen atoms in total. The minimum Gasteiger partial charge on any atom is -0.496 e. The zero-order chi connectivity index (χ0) is 13.8. The highest BCUT2D eigenvalue weighted by Gasteiger charge is 2.20. The standard InChI is InChI=1S/C13H11FN2O3/c1-18-10-5-3-4-9(14)11(10)8-6-15-7-16-12(8)13(17)19-2/h3-7H,1-2H3. The van der Waals surface area contributed by atoms with Gasteiger partial charge < -0.3 is 9.47 Å². The highest BCUT2D eigenvalue weighted by atomic mass is 19.1. The number of esters is 1. The Morgan fingerprint density at radius 2 is 2.11 bits per heavy atom. The first-order chi connectivity index (χ1) is 9.19. The van der Waals surface area contributed by atoms with Crippen LogP contribution in [0.2, 0.25) is 0 Å². The van der Waals surface area contributed by atoms with Gasteiger partial charge in [-0.05, 0) is 12.1 Å². The Morgan fingerprint density at radius 1 is 1.32 bits per heavy atom. The van der Waals surface area contributed by atoms with E-state index in [2.05, 4.69) is 14.7 Å². The summed E-state index contributed by atoms with van der Waals surface area (Å²) in [6.07, 6.45) is 2.54. The molecule has 98 valence electrons. The average Bonchev–Trinajstić information content (AvgIpc) is 2.46. The van der Waals surface area contributed by atoms with Gasteiger partial charge in [-0.15, -0.1) is 0 Å². The fourth-order valence-electron chi connectivity index (χ4n) is 1.71. The average molecular weight is 262 g/mol. The van der Waals surface area contributed by atoms with Crippen LogP contribution >= 0.6 is 0 Å². The molecule has 2 rings (SSSR count). The van der Waals surface area contributed by atoms with Crippen molar-refractivity contribution in [3.8, 4) is 16.9 Å². The molecule has 0 aliphatic rings. The molecule has 0 aliphatic carbocycles. The van der Waals surface area contributed by atoms with Crippen LogP contribution in [0.1, 0.15) is 10.5 Å². The second kappa shape index (κ2) is 5.43. The Labute approximate surface area is 109 Å². The van der Waals surface area contributed by atoms with E-state index >= 15 is 0 Å². The summed E-state index contributed by atoms with van der Waals surface area (Å²) in [5.74, 6) is -0.901. The molecule has 1 aromatic heterocycles. The second-order valence-electron chi connectivity index (χ2n) is 3.59. The Morgan fingerprint density at radius 3 is 2.79 bits per heavy atom. The van der Waals surface area contributed by atoms with Crippen molar-refractivity contribution < 1.29 is 18.7 Å². The van der Waals surface area contributed by atoms with Crippen molar-refractivity contribution in [2.24, 2.45) is 0 Å². The normalized spacial score (nSPS) is 10.1. The highest BCUT2D eigenvalue weighted by Crippen LogP contribution is 2.33. The number of rotatable bonds is 3. The van der Waals surface area contributed by atoms with Crippen molar-refractivity contribution in [1.29, 1.82) is 0 Å². The number of aromatic nitrogens is 2. The molecule has 0 unspecified atom stereocenters. The summed E-state index contributed by atoms with van der Waals surface area (Å²) in [6.45, 7) is 0. The monoisotopic (exact) mass is 262 g/mol. The van der Waals surface area contributed by atoms with Gasteiger partial charge in [0.25, 0.3) is 0 Å². The minimum absolute atomic E-state index is 0.0131. The van der Waals surface area contributed by atoms with Crippen molar-refractivity contribution in [3.63, 3.8) is 0 Å². The smallest absolute Gasteiger partial charge is 0.357 e. The fourth-order valence-corrected chi connectivity index (χ4v) is 1.71. The van der Waals surface area contributed by atoms with Crippen molar-refractivity contribution in [2.75, 3.05) is 14.2 Å². The Kier molecular flexibility index (Phi) is 3.70. The summed E-state index contributed by atoms with van der Waals surface area (Å²) in [5, 5.41) is 0. The molecule has 0 saturated heterocycles. The molecule has 0 atom stereocenters. The molecule has 6 heteroatoms. The zero-order valence-corrected chi connectivity index (χ0v) is 10.4. The number of nitrogens with zero attached hydrogens (tertiary/aromatic N) is 2. The van der Waals surface area contributed by atoms with Crippen LogP contribution in [-0.4, -0.2) is 30.2 Å². The van der Waals surface area contributed by atoms with Gasteiger partial charge in [-0.1, -0.05) is 6.07 Å². The molecule has 0 N–H and O–H groups in total. The number of hydrogen-bond acceptors (Lipinski definition) is 5. The van der Waals surface area contributed by atoms with Gasteiger partial charge in [0, 0.05) is 11.8 Å². The summed E-state index contributed by atoms with van der Waals surface area (Å²) in [6, 6.07) is 4.37. The van der Waals surface area contributed by atoms with E-state index in [0.717, 1.165) is 0 Å². The van der Waals surface area contributed by atoms with Crippen LogP contribution in [0.3, 0.4) is 0 Å². The van der Waals surface area contributed by atoms with E-state index in [0.29, 0.717) is 5.75 Å². The molecule has 1 heterocycles. The van der Waals surface area contributed by atoms with Gasteiger partial charge in [0.2, 0.25) is 0 Å². The minimum atomic E-state index is -0.664. The lowest BCUT2D eigenvalue weighted by Crippen LogP contribution is -2.08. The van der Waals surface area contributed by atoms with Crippen LogP contribution in [0.5, 0.6) is 5.75 Å². The summed E-state index contributed by atoms with van der Waals surface area (Å²) >= 11 is 0. The first-order valence-corrected chi connectivity index (χ1v) is 5.40. The first kappa shape index (κ1) is 12.9.